The van der Waals surface area contributed by atoms with Crippen LogP contribution in [0.4, 0.5) is 0 Å². The number of hydrogen-bond donors (Lipinski definition) is 2. The van der Waals surface area contributed by atoms with E-state index in [0.717, 1.165) is 85.6 Å². The van der Waals surface area contributed by atoms with Crippen molar-refractivity contribution in [2.75, 3.05) is 32.7 Å². The Morgan fingerprint density at radius 3 is 2.59 bits per heavy atom. The van der Waals surface area contributed by atoms with Crippen molar-refractivity contribution in [1.82, 2.24) is 10.2 Å². The summed E-state index contributed by atoms with van der Waals surface area (Å²) < 4.78 is 6.18. The number of likely N-dealkylation sites (N-methyl/N-ethyl adjacent to an activating group) is 1. The number of nitrogens with two attached hydrogens (primary N) is 1. The number of fused-ring (bicyclic) bond motifs is 1. The molecule has 0 spiro atoms. The molecule has 0 saturated heterocycles. The van der Waals surface area contributed by atoms with Crippen LogP contribution in [-0.4, -0.2) is 54.3 Å². The number of rotatable bonds is 12. The number of quaternary nitrogens is 1. The minimum Gasteiger partial charge on any atom is -0.489 e. The summed E-state index contributed by atoms with van der Waals surface area (Å²) in [4.78, 5) is 12.1. The van der Waals surface area contributed by atoms with E-state index in [1.165, 1.54) is 12.8 Å². The second-order valence-corrected chi connectivity index (χ2v) is 10.8. The van der Waals surface area contributed by atoms with E-state index in [0.29, 0.717) is 12.5 Å². The topological polar surface area (TPSA) is 75.2 Å². The van der Waals surface area contributed by atoms with Gasteiger partial charge in [-0.3, -0.25) is 4.99 Å². The van der Waals surface area contributed by atoms with Gasteiger partial charge in [-0.25, -0.2) is 0 Å². The third-order valence-electron chi connectivity index (χ3n) is 8.33. The van der Waals surface area contributed by atoms with Crippen LogP contribution in [0.25, 0.3) is 0 Å². The molecule has 1 unspecified atom stereocenters. The van der Waals surface area contributed by atoms with Gasteiger partial charge in [0.15, 0.2) is 0 Å². The molecule has 0 amide bonds. The van der Waals surface area contributed by atoms with E-state index < -0.39 is 0 Å². The Kier molecular flexibility index (Phi) is 9.04. The van der Waals surface area contributed by atoms with Crippen molar-refractivity contribution in [3.05, 3.63) is 89.5 Å². The highest BCUT2D eigenvalue weighted by Gasteiger charge is 2.46. The number of nitrogens with one attached hydrogen (secondary N) is 1. The summed E-state index contributed by atoms with van der Waals surface area (Å²) in [6, 6.07) is 18.3. The number of ether oxygens (including phenoxy) is 1. The van der Waals surface area contributed by atoms with Crippen molar-refractivity contribution in [2.45, 2.75) is 46.1 Å². The van der Waals surface area contributed by atoms with Gasteiger partial charge in [-0.15, -0.1) is 4.59 Å². The zero-order chi connectivity index (χ0) is 27.1. The minimum absolute atomic E-state index is 0.0633. The molecule has 3 N–H and O–H groups in total. The molecule has 2 aromatic carbocycles. The van der Waals surface area contributed by atoms with Crippen LogP contribution in [0.1, 0.15) is 50.7 Å². The maximum atomic E-state index is 7.02. The molecule has 39 heavy (non-hydrogen) atoms. The lowest BCUT2D eigenvalue weighted by molar-refractivity contribution is -0.750. The summed E-state index contributed by atoms with van der Waals surface area (Å²) in [5, 5.41) is 3.70. The van der Waals surface area contributed by atoms with Crippen LogP contribution in [0.2, 0.25) is 0 Å². The summed E-state index contributed by atoms with van der Waals surface area (Å²) >= 11 is 0. The molecule has 7 nitrogen and oxygen atoms in total. The highest BCUT2D eigenvalue weighted by atomic mass is 16.5. The number of allylic oxidation sites excluding steroid dienone is 2. The molecule has 0 aromatic heterocycles. The minimum atomic E-state index is 0.0633. The van der Waals surface area contributed by atoms with Crippen molar-refractivity contribution < 1.29 is 9.33 Å². The molecule has 2 heterocycles. The van der Waals surface area contributed by atoms with Crippen LogP contribution in [0.5, 0.6) is 5.75 Å². The summed E-state index contributed by atoms with van der Waals surface area (Å²) in [5.41, 5.74) is 4.20. The van der Waals surface area contributed by atoms with Crippen LogP contribution >= 0.6 is 0 Å². The lowest BCUT2D eigenvalue weighted by Gasteiger charge is -2.30. The second kappa shape index (κ2) is 12.8. The first kappa shape index (κ1) is 27.5. The van der Waals surface area contributed by atoms with Gasteiger partial charge >= 0.3 is 0 Å². The predicted molar refractivity (Wildman–Crippen MR) is 159 cm³/mol. The van der Waals surface area contributed by atoms with Gasteiger partial charge in [0.25, 0.3) is 5.84 Å². The molecule has 1 aliphatic carbocycles. The van der Waals surface area contributed by atoms with Crippen molar-refractivity contribution in [2.24, 2.45) is 27.7 Å². The van der Waals surface area contributed by atoms with Gasteiger partial charge in [-0.05, 0) is 75.0 Å². The molecule has 1 saturated carbocycles. The van der Waals surface area contributed by atoms with Gasteiger partial charge in [0, 0.05) is 19.0 Å². The van der Waals surface area contributed by atoms with E-state index in [1.54, 1.807) is 6.20 Å². The lowest BCUT2D eigenvalue weighted by Crippen LogP contribution is -2.53. The number of benzene rings is 2. The summed E-state index contributed by atoms with van der Waals surface area (Å²) in [7, 11) is 0. The normalized spacial score (nSPS) is 24.3. The van der Waals surface area contributed by atoms with E-state index in [-0.39, 0.29) is 4.59 Å². The maximum absolute atomic E-state index is 7.02. The fourth-order valence-corrected chi connectivity index (χ4v) is 5.90. The first-order valence-corrected chi connectivity index (χ1v) is 14.5. The Balaban J connectivity index is 1.25. The van der Waals surface area contributed by atoms with Crippen molar-refractivity contribution in [3.8, 4) is 5.75 Å². The van der Waals surface area contributed by atoms with E-state index in [1.807, 2.05) is 42.7 Å². The molecule has 206 valence electrons. The smallest absolute Gasteiger partial charge is 0.265 e. The quantitative estimate of drug-likeness (QED) is 0.225. The zero-order valence-electron chi connectivity index (χ0n) is 23.4. The van der Waals surface area contributed by atoms with E-state index >= 15 is 0 Å². The van der Waals surface area contributed by atoms with Crippen molar-refractivity contribution >= 4 is 12.1 Å². The largest absolute Gasteiger partial charge is 0.489 e. The number of aliphatic imine (C=N–C) groups is 2. The van der Waals surface area contributed by atoms with Gasteiger partial charge in [0.05, 0.1) is 18.0 Å². The molecular weight excluding hydrogens is 484 g/mol. The lowest BCUT2D eigenvalue weighted by atomic mass is 9.80. The second-order valence-electron chi connectivity index (χ2n) is 10.8. The summed E-state index contributed by atoms with van der Waals surface area (Å²) in [6.07, 6.45) is 10.3. The Labute approximate surface area is 233 Å². The van der Waals surface area contributed by atoms with Gasteiger partial charge in [-0.1, -0.05) is 50.2 Å². The monoisotopic (exact) mass is 527 g/mol. The average Bonchev–Trinajstić information content (AvgIpc) is 3.30. The number of amidine groups is 1. The van der Waals surface area contributed by atoms with Crippen molar-refractivity contribution in [1.29, 1.82) is 0 Å². The third-order valence-corrected chi connectivity index (χ3v) is 8.33. The fraction of sp³-hybridized carbons (Fsp3) is 0.438. The molecule has 2 aromatic rings. The van der Waals surface area contributed by atoms with E-state index in [4.69, 9.17) is 15.6 Å². The Morgan fingerprint density at radius 2 is 1.82 bits per heavy atom. The molecule has 1 atom stereocenters. The standard InChI is InChI=1S/C32H43N6O/c1-3-37(4-2)19-17-34-22-25-13-15-27(16-14-25)31-30-23-35-18-20-38(30,33)32(36-31)28-11-8-12-29(21-28)39-24-26-9-6-5-7-10-26/h5-12,18,20-21,23,25,27,34H,3-4,13-17,19,22,24,33H2,1-2H3/q+1. The van der Waals surface area contributed by atoms with Crippen LogP contribution in [0.3, 0.4) is 0 Å². The fourth-order valence-electron chi connectivity index (χ4n) is 5.90. The average molecular weight is 528 g/mol. The Bertz CT molecular complexity index is 1220. The molecule has 5 rings (SSSR count). The first-order chi connectivity index (χ1) is 19.1. The van der Waals surface area contributed by atoms with Crippen LogP contribution in [0, 0.1) is 11.8 Å². The highest BCUT2D eigenvalue weighted by molar-refractivity contribution is 6.00. The number of hydrogen-bond acceptors (Lipinski definition) is 6. The highest BCUT2D eigenvalue weighted by Crippen LogP contribution is 2.41. The molecule has 3 aliphatic rings. The van der Waals surface area contributed by atoms with Gasteiger partial charge < -0.3 is 15.0 Å². The summed E-state index contributed by atoms with van der Waals surface area (Å²) in [6.45, 7) is 10.5. The zero-order valence-corrected chi connectivity index (χ0v) is 23.4. The Hall–Kier alpha value is -3.10. The molecule has 0 radical (unpaired) electrons. The first-order valence-electron chi connectivity index (χ1n) is 14.5. The predicted octanol–water partition coefficient (Wildman–Crippen LogP) is 5.22. The van der Waals surface area contributed by atoms with Crippen LogP contribution in [-0.2, 0) is 6.61 Å². The third kappa shape index (κ3) is 6.39. The van der Waals surface area contributed by atoms with Crippen LogP contribution < -0.4 is 15.9 Å². The SMILES string of the molecule is CCN(CC)CCNCC1CCC(C2=C3C=NC=C[N+]3(N)C(c3cccc(OCc4ccccc4)c3)=N2)CC1. The Morgan fingerprint density at radius 1 is 1.03 bits per heavy atom. The van der Waals surface area contributed by atoms with Gasteiger partial charge in [0.1, 0.15) is 24.3 Å². The maximum Gasteiger partial charge on any atom is 0.265 e. The number of nitrogens with zero attached hydrogens (tertiary/aromatic N) is 4. The van der Waals surface area contributed by atoms with E-state index in [2.05, 4.69) is 53.3 Å². The molecule has 2 aliphatic heterocycles. The van der Waals surface area contributed by atoms with Crippen molar-refractivity contribution in [3.63, 3.8) is 0 Å². The van der Waals surface area contributed by atoms with Crippen LogP contribution in [0.15, 0.2) is 88.4 Å². The summed E-state index contributed by atoms with van der Waals surface area (Å²) in [5.74, 6) is 9.79. The molecule has 1 fully saturated rings. The van der Waals surface area contributed by atoms with Gasteiger partial charge in [0.2, 0.25) is 5.70 Å². The molecular formula is C32H43N6O+. The molecule has 0 bridgehead atoms. The van der Waals surface area contributed by atoms with Gasteiger partial charge in [-0.2, -0.15) is 10.8 Å². The molecule has 7 heteroatoms. The van der Waals surface area contributed by atoms with E-state index in [9.17, 15) is 0 Å².